The highest BCUT2D eigenvalue weighted by atomic mass is 19.2. The van der Waals surface area contributed by atoms with E-state index in [4.69, 9.17) is 4.42 Å². The SMILES string of the molecule is CC(C)(C)NCc1ncc(-c2cc(F)c(F)c(F)c2)o1. The number of aromatic nitrogens is 1. The number of nitrogens with zero attached hydrogens (tertiary/aromatic N) is 1. The van der Waals surface area contributed by atoms with Gasteiger partial charge in [-0.05, 0) is 32.9 Å². The van der Waals surface area contributed by atoms with Gasteiger partial charge in [-0.3, -0.25) is 0 Å². The molecule has 0 aliphatic heterocycles. The first-order valence-corrected chi connectivity index (χ1v) is 6.11. The van der Waals surface area contributed by atoms with Gasteiger partial charge in [0.1, 0.15) is 0 Å². The summed E-state index contributed by atoms with van der Waals surface area (Å²) in [7, 11) is 0. The second-order valence-electron chi connectivity index (χ2n) is 5.48. The molecule has 0 saturated carbocycles. The fraction of sp³-hybridized carbons (Fsp3) is 0.357. The van der Waals surface area contributed by atoms with E-state index >= 15 is 0 Å². The highest BCUT2D eigenvalue weighted by Crippen LogP contribution is 2.24. The second kappa shape index (κ2) is 5.28. The zero-order valence-corrected chi connectivity index (χ0v) is 11.4. The minimum absolute atomic E-state index is 0.107. The summed E-state index contributed by atoms with van der Waals surface area (Å²) in [6.07, 6.45) is 1.35. The van der Waals surface area contributed by atoms with Gasteiger partial charge >= 0.3 is 0 Å². The van der Waals surface area contributed by atoms with Crippen LogP contribution < -0.4 is 5.32 Å². The summed E-state index contributed by atoms with van der Waals surface area (Å²) in [5.41, 5.74) is -0.00108. The van der Waals surface area contributed by atoms with Gasteiger partial charge in [0.05, 0.1) is 12.7 Å². The average Bonchev–Trinajstić information content (AvgIpc) is 2.81. The molecule has 1 aromatic carbocycles. The third-order valence-electron chi connectivity index (χ3n) is 2.59. The van der Waals surface area contributed by atoms with Crippen molar-refractivity contribution in [3.05, 3.63) is 41.7 Å². The molecule has 1 N–H and O–H groups in total. The summed E-state index contributed by atoms with van der Waals surface area (Å²) in [6.45, 7) is 6.35. The number of hydrogen-bond acceptors (Lipinski definition) is 3. The van der Waals surface area contributed by atoms with Crippen LogP contribution in [0.2, 0.25) is 0 Å². The van der Waals surface area contributed by atoms with Crippen LogP contribution in [0.4, 0.5) is 13.2 Å². The van der Waals surface area contributed by atoms with Crippen molar-refractivity contribution in [1.82, 2.24) is 10.3 Å². The molecule has 6 heteroatoms. The first kappa shape index (κ1) is 14.6. The van der Waals surface area contributed by atoms with Crippen LogP contribution in [0.1, 0.15) is 26.7 Å². The number of benzene rings is 1. The Morgan fingerprint density at radius 3 is 2.30 bits per heavy atom. The zero-order chi connectivity index (χ0) is 14.9. The molecular weight excluding hydrogens is 269 g/mol. The highest BCUT2D eigenvalue weighted by Gasteiger charge is 2.15. The molecule has 1 aromatic heterocycles. The van der Waals surface area contributed by atoms with E-state index in [9.17, 15) is 13.2 Å². The maximum atomic E-state index is 13.1. The van der Waals surface area contributed by atoms with Crippen molar-refractivity contribution in [2.24, 2.45) is 0 Å². The van der Waals surface area contributed by atoms with E-state index in [-0.39, 0.29) is 16.9 Å². The third-order valence-corrected chi connectivity index (χ3v) is 2.59. The molecule has 0 atom stereocenters. The Hall–Kier alpha value is -1.82. The van der Waals surface area contributed by atoms with E-state index in [2.05, 4.69) is 10.3 Å². The van der Waals surface area contributed by atoms with Crippen molar-refractivity contribution in [2.45, 2.75) is 32.9 Å². The molecule has 0 aliphatic rings. The Labute approximate surface area is 114 Å². The molecule has 108 valence electrons. The molecule has 2 rings (SSSR count). The number of oxazole rings is 1. The van der Waals surface area contributed by atoms with Gasteiger partial charge in [-0.25, -0.2) is 18.2 Å². The van der Waals surface area contributed by atoms with E-state index in [1.54, 1.807) is 0 Å². The lowest BCUT2D eigenvalue weighted by Gasteiger charge is -2.18. The fourth-order valence-electron chi connectivity index (χ4n) is 1.56. The van der Waals surface area contributed by atoms with Gasteiger partial charge in [0, 0.05) is 11.1 Å². The fourth-order valence-corrected chi connectivity index (χ4v) is 1.56. The topological polar surface area (TPSA) is 38.1 Å². The van der Waals surface area contributed by atoms with Crippen molar-refractivity contribution < 1.29 is 17.6 Å². The lowest BCUT2D eigenvalue weighted by molar-refractivity contribution is 0.383. The molecule has 0 aliphatic carbocycles. The summed E-state index contributed by atoms with van der Waals surface area (Å²) >= 11 is 0. The van der Waals surface area contributed by atoms with Crippen LogP contribution in [0.3, 0.4) is 0 Å². The molecule has 3 nitrogen and oxygen atoms in total. The predicted octanol–water partition coefficient (Wildman–Crippen LogP) is 3.65. The maximum absolute atomic E-state index is 13.1. The normalized spacial score (nSPS) is 11.9. The smallest absolute Gasteiger partial charge is 0.208 e. The lowest BCUT2D eigenvalue weighted by atomic mass is 10.1. The molecule has 1 heterocycles. The molecular formula is C14H15F3N2O. The Morgan fingerprint density at radius 2 is 1.75 bits per heavy atom. The molecule has 0 amide bonds. The summed E-state index contributed by atoms with van der Waals surface area (Å²) in [5, 5.41) is 3.17. The van der Waals surface area contributed by atoms with Crippen LogP contribution >= 0.6 is 0 Å². The number of halogens is 3. The molecule has 0 fully saturated rings. The van der Waals surface area contributed by atoms with Gasteiger partial charge in [0.2, 0.25) is 5.89 Å². The Kier molecular flexibility index (Phi) is 3.85. The van der Waals surface area contributed by atoms with E-state index in [1.807, 2.05) is 20.8 Å². The van der Waals surface area contributed by atoms with Gasteiger partial charge in [-0.2, -0.15) is 0 Å². The van der Waals surface area contributed by atoms with Crippen LogP contribution in [0.15, 0.2) is 22.7 Å². The number of hydrogen-bond donors (Lipinski definition) is 1. The molecule has 0 unspecified atom stereocenters. The van der Waals surface area contributed by atoms with Crippen LogP contribution in [-0.4, -0.2) is 10.5 Å². The van der Waals surface area contributed by atoms with Gasteiger partial charge in [-0.15, -0.1) is 0 Å². The Morgan fingerprint density at radius 1 is 1.15 bits per heavy atom. The molecule has 0 saturated heterocycles. The van der Waals surface area contributed by atoms with Gasteiger partial charge < -0.3 is 9.73 Å². The maximum Gasteiger partial charge on any atom is 0.208 e. The largest absolute Gasteiger partial charge is 0.439 e. The van der Waals surface area contributed by atoms with Crippen molar-refractivity contribution in [2.75, 3.05) is 0 Å². The van der Waals surface area contributed by atoms with Crippen molar-refractivity contribution >= 4 is 0 Å². The summed E-state index contributed by atoms with van der Waals surface area (Å²) in [4.78, 5) is 4.01. The monoisotopic (exact) mass is 284 g/mol. The Balaban J connectivity index is 2.21. The van der Waals surface area contributed by atoms with Crippen LogP contribution in [0.25, 0.3) is 11.3 Å². The standard InChI is InChI=1S/C14H15F3N2O/c1-14(2,3)19-7-12-18-6-11(20-12)8-4-9(15)13(17)10(16)5-8/h4-6,19H,7H2,1-3H3. The second-order valence-corrected chi connectivity index (χ2v) is 5.48. The third kappa shape index (κ3) is 3.39. The first-order chi connectivity index (χ1) is 9.26. The summed E-state index contributed by atoms with van der Waals surface area (Å²) in [6, 6.07) is 1.75. The van der Waals surface area contributed by atoms with Gasteiger partial charge in [-0.1, -0.05) is 0 Å². The number of rotatable bonds is 3. The van der Waals surface area contributed by atoms with Gasteiger partial charge in [0.15, 0.2) is 23.2 Å². The van der Waals surface area contributed by atoms with Gasteiger partial charge in [0.25, 0.3) is 0 Å². The van der Waals surface area contributed by atoms with Crippen LogP contribution in [0, 0.1) is 17.5 Å². The minimum atomic E-state index is -1.50. The predicted molar refractivity (Wildman–Crippen MR) is 68.4 cm³/mol. The minimum Gasteiger partial charge on any atom is -0.439 e. The molecule has 0 radical (unpaired) electrons. The lowest BCUT2D eigenvalue weighted by Crippen LogP contribution is -2.35. The Bertz CT molecular complexity index is 594. The van der Waals surface area contributed by atoms with E-state index < -0.39 is 17.5 Å². The van der Waals surface area contributed by atoms with E-state index in [0.29, 0.717) is 12.4 Å². The van der Waals surface area contributed by atoms with Crippen LogP contribution in [-0.2, 0) is 6.54 Å². The summed E-state index contributed by atoms with van der Waals surface area (Å²) in [5.74, 6) is -3.44. The quantitative estimate of drug-likeness (QED) is 0.874. The summed E-state index contributed by atoms with van der Waals surface area (Å²) < 4.78 is 44.6. The van der Waals surface area contributed by atoms with Crippen molar-refractivity contribution in [1.29, 1.82) is 0 Å². The highest BCUT2D eigenvalue weighted by molar-refractivity contribution is 5.56. The molecule has 0 spiro atoms. The van der Waals surface area contributed by atoms with E-state index in [0.717, 1.165) is 12.1 Å². The zero-order valence-electron chi connectivity index (χ0n) is 11.4. The van der Waals surface area contributed by atoms with Crippen molar-refractivity contribution in [3.63, 3.8) is 0 Å². The number of nitrogens with one attached hydrogen (secondary N) is 1. The van der Waals surface area contributed by atoms with Crippen LogP contribution in [0.5, 0.6) is 0 Å². The average molecular weight is 284 g/mol. The first-order valence-electron chi connectivity index (χ1n) is 6.11. The molecule has 0 bridgehead atoms. The molecule has 2 aromatic rings. The van der Waals surface area contributed by atoms with E-state index in [1.165, 1.54) is 6.20 Å². The molecule has 20 heavy (non-hydrogen) atoms. The van der Waals surface area contributed by atoms with Crippen molar-refractivity contribution in [3.8, 4) is 11.3 Å².